The smallest absolute Gasteiger partial charge is 0.252 e. The first-order valence-electron chi connectivity index (χ1n) is 6.53. The third kappa shape index (κ3) is 4.03. The van der Waals surface area contributed by atoms with E-state index in [-0.39, 0.29) is 10.7 Å². The summed E-state index contributed by atoms with van der Waals surface area (Å²) in [5.74, 6) is 1.16. The summed E-state index contributed by atoms with van der Waals surface area (Å²) in [7, 11) is 4.56. The first-order valence-corrected chi connectivity index (χ1v) is 7.45. The second-order valence-corrected chi connectivity index (χ2v) is 6.58. The monoisotopic (exact) mass is 359 g/mol. The molecule has 118 valence electrons. The summed E-state index contributed by atoms with van der Waals surface area (Å²) in [5, 5.41) is 2.97. The van der Waals surface area contributed by atoms with E-state index < -0.39 is 5.54 Å². The lowest BCUT2D eigenvalue weighted by Gasteiger charge is -2.29. The summed E-state index contributed by atoms with van der Waals surface area (Å²) in [4.78, 5) is 12.5. The number of carbonyl (C=O) groups excluding carboxylic acids is 1. The van der Waals surface area contributed by atoms with E-state index in [2.05, 4.69) is 21.2 Å². The van der Waals surface area contributed by atoms with Crippen LogP contribution in [-0.2, 0) is 0 Å². The van der Waals surface area contributed by atoms with Crippen LogP contribution < -0.4 is 19.5 Å². The van der Waals surface area contributed by atoms with Crippen LogP contribution in [0.1, 0.15) is 31.1 Å². The van der Waals surface area contributed by atoms with Crippen LogP contribution in [0.25, 0.3) is 0 Å². The number of nitrogens with one attached hydrogen (secondary N) is 1. The number of methoxy groups -OCH3 is 3. The molecule has 0 bridgehead atoms. The fourth-order valence-corrected chi connectivity index (χ4v) is 1.79. The molecule has 0 saturated carbocycles. The number of carbonyl (C=O) groups is 1. The summed E-state index contributed by atoms with van der Waals surface area (Å²) >= 11 is 3.49. The molecule has 0 aromatic heterocycles. The van der Waals surface area contributed by atoms with Gasteiger partial charge in [0.05, 0.1) is 21.3 Å². The minimum Gasteiger partial charge on any atom is -0.493 e. The standard InChI is InChI=1S/C15H22BrNO4/c1-9(16)15(2,3)17-14(18)10-7-11(19-4)13(21-6)12(8-10)20-5/h7-9H,1-6H3,(H,17,18). The number of amides is 1. The van der Waals surface area contributed by atoms with Gasteiger partial charge in [0, 0.05) is 15.9 Å². The SMILES string of the molecule is COc1cc(C(=O)NC(C)(C)C(C)Br)cc(OC)c1OC. The van der Waals surface area contributed by atoms with E-state index in [1.165, 1.54) is 21.3 Å². The van der Waals surface area contributed by atoms with E-state index in [4.69, 9.17) is 14.2 Å². The number of ether oxygens (including phenoxy) is 3. The molecule has 1 N–H and O–H groups in total. The Hall–Kier alpha value is -1.43. The van der Waals surface area contributed by atoms with Gasteiger partial charge < -0.3 is 19.5 Å². The molecule has 1 rings (SSSR count). The van der Waals surface area contributed by atoms with Crippen LogP contribution in [0.2, 0.25) is 0 Å². The van der Waals surface area contributed by atoms with E-state index in [9.17, 15) is 4.79 Å². The zero-order chi connectivity index (χ0) is 16.2. The zero-order valence-corrected chi connectivity index (χ0v) is 14.8. The highest BCUT2D eigenvalue weighted by Crippen LogP contribution is 2.38. The molecule has 1 aromatic carbocycles. The Labute approximate surface area is 134 Å². The Morgan fingerprint density at radius 2 is 1.62 bits per heavy atom. The molecule has 0 radical (unpaired) electrons. The average Bonchev–Trinajstić information content (AvgIpc) is 2.44. The Morgan fingerprint density at radius 1 is 1.14 bits per heavy atom. The van der Waals surface area contributed by atoms with Crippen molar-refractivity contribution in [3.8, 4) is 17.2 Å². The highest BCUT2D eigenvalue weighted by atomic mass is 79.9. The van der Waals surface area contributed by atoms with Crippen LogP contribution in [0.5, 0.6) is 17.2 Å². The molecule has 1 atom stereocenters. The molecule has 0 aliphatic rings. The maximum atomic E-state index is 12.4. The van der Waals surface area contributed by atoms with Crippen LogP contribution in [0, 0.1) is 0 Å². The fourth-order valence-electron chi connectivity index (χ4n) is 1.68. The summed E-state index contributed by atoms with van der Waals surface area (Å²) in [6, 6.07) is 3.26. The molecule has 1 aromatic rings. The molecule has 6 heteroatoms. The quantitative estimate of drug-likeness (QED) is 0.793. The molecular formula is C15H22BrNO4. The van der Waals surface area contributed by atoms with Crippen molar-refractivity contribution in [1.29, 1.82) is 0 Å². The molecule has 0 spiro atoms. The minimum absolute atomic E-state index is 0.121. The number of alkyl halides is 1. The van der Waals surface area contributed by atoms with Gasteiger partial charge in [-0.1, -0.05) is 22.9 Å². The Balaban J connectivity index is 3.16. The van der Waals surface area contributed by atoms with Gasteiger partial charge in [-0.25, -0.2) is 0 Å². The summed E-state index contributed by atoms with van der Waals surface area (Å²) < 4.78 is 15.7. The topological polar surface area (TPSA) is 56.8 Å². The van der Waals surface area contributed by atoms with Crippen LogP contribution in [-0.4, -0.2) is 37.6 Å². The predicted octanol–water partition coefficient (Wildman–Crippen LogP) is 3.00. The summed E-state index contributed by atoms with van der Waals surface area (Å²) in [5.41, 5.74) is 0.0584. The highest BCUT2D eigenvalue weighted by molar-refractivity contribution is 9.09. The van der Waals surface area contributed by atoms with Crippen molar-refractivity contribution in [2.75, 3.05) is 21.3 Å². The van der Waals surface area contributed by atoms with Gasteiger partial charge in [0.25, 0.3) is 5.91 Å². The largest absolute Gasteiger partial charge is 0.493 e. The molecule has 0 fully saturated rings. The van der Waals surface area contributed by atoms with Gasteiger partial charge in [0.2, 0.25) is 5.75 Å². The number of benzene rings is 1. The molecule has 1 unspecified atom stereocenters. The molecule has 1 amide bonds. The molecule has 0 aliphatic carbocycles. The molecule has 21 heavy (non-hydrogen) atoms. The van der Waals surface area contributed by atoms with Crippen molar-refractivity contribution in [3.63, 3.8) is 0 Å². The average molecular weight is 360 g/mol. The molecule has 0 saturated heterocycles. The second-order valence-electron chi connectivity index (χ2n) is 5.21. The molecular weight excluding hydrogens is 338 g/mol. The summed E-state index contributed by atoms with van der Waals surface area (Å²) in [6.07, 6.45) is 0. The number of halogens is 1. The lowest BCUT2D eigenvalue weighted by atomic mass is 10.0. The van der Waals surface area contributed by atoms with Gasteiger partial charge in [-0.15, -0.1) is 0 Å². The van der Waals surface area contributed by atoms with E-state index >= 15 is 0 Å². The third-order valence-electron chi connectivity index (χ3n) is 3.36. The van der Waals surface area contributed by atoms with Crippen molar-refractivity contribution in [2.45, 2.75) is 31.1 Å². The lowest BCUT2D eigenvalue weighted by molar-refractivity contribution is 0.0913. The van der Waals surface area contributed by atoms with Gasteiger partial charge in [-0.3, -0.25) is 4.79 Å². The van der Waals surface area contributed by atoms with Gasteiger partial charge >= 0.3 is 0 Å². The minimum atomic E-state index is -0.391. The molecule has 5 nitrogen and oxygen atoms in total. The first kappa shape index (κ1) is 17.6. The number of hydrogen-bond donors (Lipinski definition) is 1. The van der Waals surface area contributed by atoms with E-state index in [1.54, 1.807) is 12.1 Å². The van der Waals surface area contributed by atoms with Crippen LogP contribution in [0.4, 0.5) is 0 Å². The van der Waals surface area contributed by atoms with Crippen molar-refractivity contribution in [1.82, 2.24) is 5.32 Å². The molecule has 0 heterocycles. The Bertz CT molecular complexity index is 489. The van der Waals surface area contributed by atoms with Crippen LogP contribution >= 0.6 is 15.9 Å². The lowest BCUT2D eigenvalue weighted by Crippen LogP contribution is -2.48. The third-order valence-corrected chi connectivity index (χ3v) is 4.50. The maximum absolute atomic E-state index is 12.4. The van der Waals surface area contributed by atoms with Crippen molar-refractivity contribution < 1.29 is 19.0 Å². The maximum Gasteiger partial charge on any atom is 0.252 e. The highest BCUT2D eigenvalue weighted by Gasteiger charge is 2.27. The predicted molar refractivity (Wildman–Crippen MR) is 86.0 cm³/mol. The Morgan fingerprint density at radius 3 is 1.95 bits per heavy atom. The van der Waals surface area contributed by atoms with E-state index in [1.807, 2.05) is 20.8 Å². The van der Waals surface area contributed by atoms with Gasteiger partial charge in [-0.05, 0) is 26.0 Å². The second kappa shape index (κ2) is 7.02. The summed E-state index contributed by atoms with van der Waals surface area (Å²) in [6.45, 7) is 5.88. The van der Waals surface area contributed by atoms with E-state index in [0.29, 0.717) is 22.8 Å². The normalized spacial score (nSPS) is 12.5. The van der Waals surface area contributed by atoms with Gasteiger partial charge in [0.1, 0.15) is 0 Å². The number of hydrogen-bond acceptors (Lipinski definition) is 4. The zero-order valence-electron chi connectivity index (χ0n) is 13.2. The van der Waals surface area contributed by atoms with E-state index in [0.717, 1.165) is 0 Å². The van der Waals surface area contributed by atoms with Gasteiger partial charge in [0.15, 0.2) is 11.5 Å². The fraction of sp³-hybridized carbons (Fsp3) is 0.533. The van der Waals surface area contributed by atoms with Crippen molar-refractivity contribution >= 4 is 21.8 Å². The van der Waals surface area contributed by atoms with Gasteiger partial charge in [-0.2, -0.15) is 0 Å². The number of rotatable bonds is 6. The first-order chi connectivity index (χ1) is 9.76. The molecule has 0 aliphatic heterocycles. The van der Waals surface area contributed by atoms with Crippen molar-refractivity contribution in [3.05, 3.63) is 17.7 Å². The Kier molecular flexibility index (Phi) is 5.89. The van der Waals surface area contributed by atoms with Crippen LogP contribution in [0.15, 0.2) is 12.1 Å². The van der Waals surface area contributed by atoms with Crippen LogP contribution in [0.3, 0.4) is 0 Å². The van der Waals surface area contributed by atoms with Crippen molar-refractivity contribution in [2.24, 2.45) is 0 Å².